The van der Waals surface area contributed by atoms with Gasteiger partial charge in [-0.3, -0.25) is 4.90 Å². The van der Waals surface area contributed by atoms with Crippen LogP contribution in [-0.4, -0.2) is 19.6 Å². The number of nitrogens with zero attached hydrogens (tertiary/aromatic N) is 1. The fourth-order valence-corrected chi connectivity index (χ4v) is 3.91. The Morgan fingerprint density at radius 2 is 1.91 bits per heavy atom. The molecule has 0 aliphatic carbocycles. The van der Waals surface area contributed by atoms with Crippen molar-refractivity contribution in [3.8, 4) is 0 Å². The Kier molecular flexibility index (Phi) is 4.90. The average Bonchev–Trinajstić information content (AvgIpc) is 2.94. The lowest BCUT2D eigenvalue weighted by Crippen LogP contribution is -2.36. The molecule has 3 rings (SSSR count). The van der Waals surface area contributed by atoms with Gasteiger partial charge in [0, 0.05) is 39.9 Å². The molecule has 2 amide bonds. The van der Waals surface area contributed by atoms with Crippen LogP contribution in [0.3, 0.4) is 0 Å². The molecule has 0 bridgehead atoms. The summed E-state index contributed by atoms with van der Waals surface area (Å²) in [7, 11) is 1.64. The lowest BCUT2D eigenvalue weighted by molar-refractivity contribution is 0.248. The Bertz CT molecular complexity index is 734. The van der Waals surface area contributed by atoms with E-state index < -0.39 is 0 Å². The largest absolute Gasteiger partial charge is 0.341 e. The molecule has 2 aromatic rings. The molecule has 1 heterocycles. The van der Waals surface area contributed by atoms with Crippen LogP contribution in [0.5, 0.6) is 0 Å². The summed E-state index contributed by atoms with van der Waals surface area (Å²) in [5.74, 6) is 0. The molecule has 0 fully saturated rings. The van der Waals surface area contributed by atoms with Crippen molar-refractivity contribution < 1.29 is 4.79 Å². The fourth-order valence-electron chi connectivity index (χ4n) is 2.52. The van der Waals surface area contributed by atoms with Crippen molar-refractivity contribution in [2.24, 2.45) is 0 Å². The number of rotatable bonds is 3. The zero-order valence-electron chi connectivity index (χ0n) is 12.4. The highest BCUT2D eigenvalue weighted by Crippen LogP contribution is 2.33. The zero-order chi connectivity index (χ0) is 16.4. The monoisotopic (exact) mass is 367 g/mol. The quantitative estimate of drug-likeness (QED) is 0.764. The van der Waals surface area contributed by atoms with Gasteiger partial charge in [0.05, 0.1) is 0 Å². The second-order valence-electron chi connectivity index (χ2n) is 5.11. The van der Waals surface area contributed by atoms with Crippen LogP contribution >= 0.6 is 35.1 Å². The molecule has 7 heteroatoms. The SMILES string of the molecule is CNC(=O)N1CCc2cc(NSc3cc(Cl)cc(Cl)c3)ccc21. The Hall–Kier alpha value is -1.56. The highest BCUT2D eigenvalue weighted by atomic mass is 35.5. The minimum Gasteiger partial charge on any atom is -0.341 e. The third-order valence-corrected chi connectivity index (χ3v) is 4.80. The van der Waals surface area contributed by atoms with Crippen molar-refractivity contribution >= 4 is 52.6 Å². The molecule has 120 valence electrons. The van der Waals surface area contributed by atoms with E-state index in [-0.39, 0.29) is 6.03 Å². The summed E-state index contributed by atoms with van der Waals surface area (Å²) in [4.78, 5) is 14.5. The van der Waals surface area contributed by atoms with E-state index in [2.05, 4.69) is 16.1 Å². The van der Waals surface area contributed by atoms with Gasteiger partial charge < -0.3 is 10.0 Å². The van der Waals surface area contributed by atoms with Crippen molar-refractivity contribution in [2.45, 2.75) is 11.3 Å². The number of hydrogen-bond acceptors (Lipinski definition) is 3. The second kappa shape index (κ2) is 6.91. The van der Waals surface area contributed by atoms with E-state index >= 15 is 0 Å². The molecule has 23 heavy (non-hydrogen) atoms. The lowest BCUT2D eigenvalue weighted by atomic mass is 10.1. The number of halogens is 2. The van der Waals surface area contributed by atoms with Gasteiger partial charge in [-0.05, 0) is 60.3 Å². The molecule has 0 atom stereocenters. The van der Waals surface area contributed by atoms with Crippen LogP contribution in [0.15, 0.2) is 41.3 Å². The summed E-state index contributed by atoms with van der Waals surface area (Å²) in [6.45, 7) is 0.704. The Morgan fingerprint density at radius 3 is 2.61 bits per heavy atom. The maximum Gasteiger partial charge on any atom is 0.321 e. The Morgan fingerprint density at radius 1 is 1.17 bits per heavy atom. The van der Waals surface area contributed by atoms with E-state index in [0.29, 0.717) is 16.6 Å². The lowest BCUT2D eigenvalue weighted by Gasteiger charge is -2.16. The molecule has 2 aromatic carbocycles. The van der Waals surface area contributed by atoms with Crippen LogP contribution in [0.2, 0.25) is 10.0 Å². The summed E-state index contributed by atoms with van der Waals surface area (Å²) in [6, 6.07) is 11.3. The third-order valence-electron chi connectivity index (χ3n) is 3.56. The Balaban J connectivity index is 1.72. The van der Waals surface area contributed by atoms with E-state index in [1.165, 1.54) is 11.9 Å². The summed E-state index contributed by atoms with van der Waals surface area (Å²) in [5.41, 5.74) is 3.10. The predicted molar refractivity (Wildman–Crippen MR) is 97.9 cm³/mol. The highest BCUT2D eigenvalue weighted by molar-refractivity contribution is 8.00. The molecule has 1 aliphatic rings. The first kappa shape index (κ1) is 16.3. The molecule has 0 spiro atoms. The smallest absolute Gasteiger partial charge is 0.321 e. The maximum atomic E-state index is 11.8. The minimum atomic E-state index is -0.0765. The molecule has 0 unspecified atom stereocenters. The van der Waals surface area contributed by atoms with Crippen molar-refractivity contribution in [1.29, 1.82) is 0 Å². The molecule has 0 saturated carbocycles. The number of urea groups is 1. The number of fused-ring (bicyclic) bond motifs is 1. The maximum absolute atomic E-state index is 11.8. The normalized spacial score (nSPS) is 12.9. The van der Waals surface area contributed by atoms with Crippen molar-refractivity contribution in [1.82, 2.24) is 5.32 Å². The molecule has 0 radical (unpaired) electrons. The van der Waals surface area contributed by atoms with Gasteiger partial charge in [-0.15, -0.1) is 0 Å². The van der Waals surface area contributed by atoms with Gasteiger partial charge in [0.2, 0.25) is 0 Å². The van der Waals surface area contributed by atoms with Gasteiger partial charge in [-0.2, -0.15) is 0 Å². The first-order valence-corrected chi connectivity index (χ1v) is 8.65. The topological polar surface area (TPSA) is 44.4 Å². The standard InChI is InChI=1S/C16H15Cl2N3OS/c1-19-16(22)21-5-4-10-6-13(2-3-15(10)21)20-23-14-8-11(17)7-12(18)9-14/h2-3,6-9,20H,4-5H2,1H3,(H,19,22). The molecule has 0 saturated heterocycles. The second-order valence-corrected chi connectivity index (χ2v) is 6.86. The van der Waals surface area contributed by atoms with Gasteiger partial charge >= 0.3 is 6.03 Å². The van der Waals surface area contributed by atoms with Crippen LogP contribution in [0.25, 0.3) is 0 Å². The molecule has 2 N–H and O–H groups in total. The van der Waals surface area contributed by atoms with Crippen LogP contribution in [0.1, 0.15) is 5.56 Å². The third kappa shape index (κ3) is 3.68. The van der Waals surface area contributed by atoms with Gasteiger partial charge in [0.1, 0.15) is 0 Å². The summed E-state index contributed by atoms with van der Waals surface area (Å²) in [5, 5.41) is 3.88. The van der Waals surface area contributed by atoms with Gasteiger partial charge in [-0.1, -0.05) is 23.2 Å². The minimum absolute atomic E-state index is 0.0765. The van der Waals surface area contributed by atoms with E-state index in [0.717, 1.165) is 28.3 Å². The number of anilines is 2. The van der Waals surface area contributed by atoms with Crippen LogP contribution < -0.4 is 14.9 Å². The van der Waals surface area contributed by atoms with Crippen molar-refractivity contribution in [3.05, 3.63) is 52.0 Å². The van der Waals surface area contributed by atoms with Gasteiger partial charge in [-0.25, -0.2) is 4.79 Å². The Labute approximate surface area is 149 Å². The first-order valence-electron chi connectivity index (χ1n) is 7.08. The fraction of sp³-hybridized carbons (Fsp3) is 0.188. The van der Waals surface area contributed by atoms with Gasteiger partial charge in [0.25, 0.3) is 0 Å². The summed E-state index contributed by atoms with van der Waals surface area (Å²) >= 11 is 13.4. The van der Waals surface area contributed by atoms with Crippen LogP contribution in [0.4, 0.5) is 16.2 Å². The van der Waals surface area contributed by atoms with E-state index in [4.69, 9.17) is 23.2 Å². The van der Waals surface area contributed by atoms with Crippen molar-refractivity contribution in [2.75, 3.05) is 23.2 Å². The number of benzene rings is 2. The molecule has 1 aliphatic heterocycles. The number of carbonyl (C=O) groups is 1. The number of amides is 2. The first-order chi connectivity index (χ1) is 11.1. The summed E-state index contributed by atoms with van der Waals surface area (Å²) < 4.78 is 3.28. The number of hydrogen-bond donors (Lipinski definition) is 2. The molecule has 4 nitrogen and oxygen atoms in total. The predicted octanol–water partition coefficient (Wildman–Crippen LogP) is 4.81. The average molecular weight is 368 g/mol. The molecular formula is C16H15Cl2N3OS. The highest BCUT2D eigenvalue weighted by Gasteiger charge is 2.23. The van der Waals surface area contributed by atoms with Crippen molar-refractivity contribution in [3.63, 3.8) is 0 Å². The van der Waals surface area contributed by atoms with Gasteiger partial charge in [0.15, 0.2) is 0 Å². The zero-order valence-corrected chi connectivity index (χ0v) is 14.7. The number of carbonyl (C=O) groups excluding carboxylic acids is 1. The van der Waals surface area contributed by atoms with E-state index in [9.17, 15) is 4.79 Å². The van der Waals surface area contributed by atoms with Crippen LogP contribution in [-0.2, 0) is 6.42 Å². The van der Waals surface area contributed by atoms with Crippen LogP contribution in [0, 0.1) is 0 Å². The van der Waals surface area contributed by atoms with E-state index in [1.54, 1.807) is 18.0 Å². The molecule has 0 aromatic heterocycles. The number of nitrogens with one attached hydrogen (secondary N) is 2. The van der Waals surface area contributed by atoms with E-state index in [1.807, 2.05) is 24.3 Å². The molecular weight excluding hydrogens is 353 g/mol. The summed E-state index contributed by atoms with van der Waals surface area (Å²) in [6.07, 6.45) is 0.853.